The Morgan fingerprint density at radius 1 is 1.56 bits per heavy atom. The number of nitrogens with one attached hydrogen (secondary N) is 1. The molecule has 5 heteroatoms. The quantitative estimate of drug-likeness (QED) is 0.639. The van der Waals surface area contributed by atoms with Crippen LogP contribution in [0.5, 0.6) is 0 Å². The van der Waals surface area contributed by atoms with Crippen LogP contribution in [0.25, 0.3) is 0 Å². The molecule has 0 spiro atoms. The van der Waals surface area contributed by atoms with Crippen molar-refractivity contribution in [2.45, 2.75) is 6.10 Å². The number of morpholine rings is 1. The lowest BCUT2D eigenvalue weighted by atomic mass is 10.0. The van der Waals surface area contributed by atoms with E-state index in [0.29, 0.717) is 24.4 Å². The molecule has 0 aromatic heterocycles. The highest BCUT2D eigenvalue weighted by molar-refractivity contribution is 5.90. The number of benzene rings is 1. The summed E-state index contributed by atoms with van der Waals surface area (Å²) in [5, 5.41) is 12.3. The molecule has 1 aliphatic heterocycles. The van der Waals surface area contributed by atoms with Crippen LogP contribution < -0.4 is 11.1 Å². The Morgan fingerprint density at radius 3 is 3.00 bits per heavy atom. The summed E-state index contributed by atoms with van der Waals surface area (Å²) in [6.45, 7) is 2.02. The van der Waals surface area contributed by atoms with Gasteiger partial charge in [-0.1, -0.05) is 6.07 Å². The number of hydrogen-bond donors (Lipinski definition) is 3. The number of nitrogen functional groups attached to an aromatic ring is 1. The maximum Gasteiger partial charge on any atom is 0.336 e. The molecule has 1 fully saturated rings. The summed E-state index contributed by atoms with van der Waals surface area (Å²) in [6.07, 6.45) is -0.208. The van der Waals surface area contributed by atoms with Gasteiger partial charge in [0.1, 0.15) is 0 Å². The molecule has 0 radical (unpaired) electrons. The monoisotopic (exact) mass is 222 g/mol. The second-order valence-electron chi connectivity index (χ2n) is 3.72. The summed E-state index contributed by atoms with van der Waals surface area (Å²) in [4.78, 5) is 11.1. The summed E-state index contributed by atoms with van der Waals surface area (Å²) in [7, 11) is 0. The topological polar surface area (TPSA) is 84.6 Å². The molecule has 1 aliphatic rings. The van der Waals surface area contributed by atoms with Crippen LogP contribution in [0.3, 0.4) is 0 Å². The second kappa shape index (κ2) is 4.51. The fraction of sp³-hybridized carbons (Fsp3) is 0.364. The molecule has 16 heavy (non-hydrogen) atoms. The highest BCUT2D eigenvalue weighted by Gasteiger charge is 2.21. The first-order valence-electron chi connectivity index (χ1n) is 5.13. The van der Waals surface area contributed by atoms with Gasteiger partial charge in [0.05, 0.1) is 18.3 Å². The number of rotatable bonds is 2. The van der Waals surface area contributed by atoms with E-state index in [4.69, 9.17) is 15.6 Å². The maximum absolute atomic E-state index is 11.1. The molecule has 1 heterocycles. The third kappa shape index (κ3) is 2.15. The van der Waals surface area contributed by atoms with E-state index in [0.717, 1.165) is 6.54 Å². The van der Waals surface area contributed by atoms with Gasteiger partial charge in [-0.2, -0.15) is 0 Å². The molecule has 4 N–H and O–H groups in total. The molecular formula is C11H14N2O3. The lowest BCUT2D eigenvalue weighted by Crippen LogP contribution is -2.34. The number of ether oxygens (including phenoxy) is 1. The predicted molar refractivity (Wildman–Crippen MR) is 59.4 cm³/mol. The highest BCUT2D eigenvalue weighted by atomic mass is 16.5. The molecule has 2 rings (SSSR count). The van der Waals surface area contributed by atoms with Gasteiger partial charge in [-0.3, -0.25) is 0 Å². The van der Waals surface area contributed by atoms with Crippen molar-refractivity contribution in [3.63, 3.8) is 0 Å². The molecule has 0 bridgehead atoms. The molecule has 1 aromatic rings. The van der Waals surface area contributed by atoms with Crippen LogP contribution in [-0.2, 0) is 4.74 Å². The van der Waals surface area contributed by atoms with E-state index in [-0.39, 0.29) is 11.7 Å². The van der Waals surface area contributed by atoms with Gasteiger partial charge in [-0.15, -0.1) is 0 Å². The molecule has 1 saturated heterocycles. The average molecular weight is 222 g/mol. The van der Waals surface area contributed by atoms with Gasteiger partial charge in [-0.05, 0) is 17.7 Å². The zero-order valence-electron chi connectivity index (χ0n) is 8.77. The molecular weight excluding hydrogens is 208 g/mol. The Kier molecular flexibility index (Phi) is 3.07. The number of carboxylic acids is 1. The molecule has 0 saturated carbocycles. The summed E-state index contributed by atoms with van der Waals surface area (Å²) in [5.74, 6) is -0.975. The average Bonchev–Trinajstić information content (AvgIpc) is 2.30. The third-order valence-corrected chi connectivity index (χ3v) is 2.58. The van der Waals surface area contributed by atoms with E-state index >= 15 is 0 Å². The third-order valence-electron chi connectivity index (χ3n) is 2.58. The van der Waals surface area contributed by atoms with Crippen LogP contribution >= 0.6 is 0 Å². The second-order valence-corrected chi connectivity index (χ2v) is 3.72. The fourth-order valence-electron chi connectivity index (χ4n) is 1.81. The number of anilines is 1. The van der Waals surface area contributed by atoms with E-state index in [1.165, 1.54) is 6.07 Å². The Labute approximate surface area is 93.2 Å². The Morgan fingerprint density at radius 2 is 2.38 bits per heavy atom. The molecule has 1 unspecified atom stereocenters. The van der Waals surface area contributed by atoms with Crippen LogP contribution in [-0.4, -0.2) is 30.8 Å². The van der Waals surface area contributed by atoms with Gasteiger partial charge in [0.15, 0.2) is 0 Å². The summed E-state index contributed by atoms with van der Waals surface area (Å²) in [6, 6.07) is 4.88. The van der Waals surface area contributed by atoms with E-state index < -0.39 is 5.97 Å². The molecule has 1 atom stereocenters. The van der Waals surface area contributed by atoms with E-state index in [1.807, 2.05) is 0 Å². The predicted octanol–water partition coefficient (Wildman–Crippen LogP) is 0.628. The van der Waals surface area contributed by atoms with Crippen molar-refractivity contribution in [3.05, 3.63) is 29.3 Å². The molecule has 86 valence electrons. The first-order valence-corrected chi connectivity index (χ1v) is 5.13. The Hall–Kier alpha value is -1.59. The van der Waals surface area contributed by atoms with Gasteiger partial charge in [0.2, 0.25) is 0 Å². The first-order chi connectivity index (χ1) is 7.68. The normalized spacial score (nSPS) is 20.6. The van der Waals surface area contributed by atoms with Crippen LogP contribution in [0.4, 0.5) is 5.69 Å². The van der Waals surface area contributed by atoms with Crippen LogP contribution in [0.2, 0.25) is 0 Å². The number of aromatic carboxylic acids is 1. The molecule has 0 aliphatic carbocycles. The summed E-state index contributed by atoms with van der Waals surface area (Å²) in [5.41, 5.74) is 6.92. The van der Waals surface area contributed by atoms with Crippen molar-refractivity contribution in [1.29, 1.82) is 0 Å². The van der Waals surface area contributed by atoms with Crippen LogP contribution in [0, 0.1) is 0 Å². The van der Waals surface area contributed by atoms with Gasteiger partial charge in [-0.25, -0.2) is 4.79 Å². The largest absolute Gasteiger partial charge is 0.478 e. The number of hydrogen-bond acceptors (Lipinski definition) is 4. The summed E-state index contributed by atoms with van der Waals surface area (Å²) >= 11 is 0. The van der Waals surface area contributed by atoms with Gasteiger partial charge >= 0.3 is 5.97 Å². The number of carbonyl (C=O) groups is 1. The minimum atomic E-state index is -0.975. The van der Waals surface area contributed by atoms with Crippen molar-refractivity contribution >= 4 is 11.7 Å². The van der Waals surface area contributed by atoms with Crippen LogP contribution in [0.1, 0.15) is 22.0 Å². The molecule has 0 amide bonds. The zero-order chi connectivity index (χ0) is 11.5. The Balaban J connectivity index is 2.34. The van der Waals surface area contributed by atoms with E-state index in [1.54, 1.807) is 12.1 Å². The van der Waals surface area contributed by atoms with Gasteiger partial charge < -0.3 is 20.9 Å². The van der Waals surface area contributed by atoms with Gasteiger partial charge in [0.25, 0.3) is 0 Å². The lowest BCUT2D eigenvalue weighted by Gasteiger charge is -2.25. The van der Waals surface area contributed by atoms with E-state index in [2.05, 4.69) is 5.32 Å². The smallest absolute Gasteiger partial charge is 0.336 e. The van der Waals surface area contributed by atoms with Crippen molar-refractivity contribution in [2.75, 3.05) is 25.4 Å². The van der Waals surface area contributed by atoms with Crippen molar-refractivity contribution in [1.82, 2.24) is 5.32 Å². The van der Waals surface area contributed by atoms with Crippen molar-refractivity contribution in [2.24, 2.45) is 0 Å². The SMILES string of the molecule is Nc1ccc(C2CNCCO2)c(C(=O)O)c1. The summed E-state index contributed by atoms with van der Waals surface area (Å²) < 4.78 is 5.53. The minimum absolute atomic E-state index is 0.208. The van der Waals surface area contributed by atoms with Crippen LogP contribution in [0.15, 0.2) is 18.2 Å². The standard InChI is InChI=1S/C11H14N2O3/c12-7-1-2-8(9(5-7)11(14)15)10-6-13-3-4-16-10/h1-2,5,10,13H,3-4,6,12H2,(H,14,15). The fourth-order valence-corrected chi connectivity index (χ4v) is 1.81. The first kappa shape index (κ1) is 10.9. The maximum atomic E-state index is 11.1. The highest BCUT2D eigenvalue weighted by Crippen LogP contribution is 2.24. The number of carboxylic acid groups (broad SMARTS) is 1. The minimum Gasteiger partial charge on any atom is -0.478 e. The van der Waals surface area contributed by atoms with Crippen molar-refractivity contribution in [3.8, 4) is 0 Å². The Bertz CT molecular complexity index is 400. The van der Waals surface area contributed by atoms with Gasteiger partial charge in [0, 0.05) is 18.8 Å². The molecule has 5 nitrogen and oxygen atoms in total. The zero-order valence-corrected chi connectivity index (χ0v) is 8.77. The molecule has 1 aromatic carbocycles. The van der Waals surface area contributed by atoms with Crippen molar-refractivity contribution < 1.29 is 14.6 Å². The lowest BCUT2D eigenvalue weighted by molar-refractivity contribution is 0.0263. The van der Waals surface area contributed by atoms with E-state index in [9.17, 15) is 4.79 Å². The number of nitrogens with two attached hydrogens (primary N) is 1.